The fourth-order valence-electron chi connectivity index (χ4n) is 3.00. The van der Waals surface area contributed by atoms with Crippen LogP contribution in [-0.4, -0.2) is 36.0 Å². The lowest BCUT2D eigenvalue weighted by Crippen LogP contribution is -2.37. The maximum atomic E-state index is 12.8. The molecule has 0 spiro atoms. The van der Waals surface area contributed by atoms with Crippen LogP contribution in [0.3, 0.4) is 0 Å². The third kappa shape index (κ3) is 3.34. The first kappa shape index (κ1) is 17.4. The molecule has 2 aromatic heterocycles. The van der Waals surface area contributed by atoms with Gasteiger partial charge in [-0.25, -0.2) is 8.42 Å². The summed E-state index contributed by atoms with van der Waals surface area (Å²) in [6, 6.07) is 8.44. The number of halogens is 1. The number of rotatable bonds is 4. The number of nitrogens with zero attached hydrogens (tertiary/aromatic N) is 3. The van der Waals surface area contributed by atoms with E-state index in [4.69, 9.17) is 8.83 Å². The molecule has 1 fully saturated rings. The van der Waals surface area contributed by atoms with Crippen molar-refractivity contribution < 1.29 is 17.3 Å². The molecule has 0 N–H and O–H groups in total. The molecule has 1 aromatic carbocycles. The third-order valence-corrected chi connectivity index (χ3v) is 6.90. The number of benzene rings is 1. The average Bonchev–Trinajstić information content (AvgIpc) is 3.34. The van der Waals surface area contributed by atoms with Crippen LogP contribution < -0.4 is 0 Å². The third-order valence-electron chi connectivity index (χ3n) is 4.46. The van der Waals surface area contributed by atoms with Gasteiger partial charge in [0.2, 0.25) is 15.9 Å². The van der Waals surface area contributed by atoms with E-state index in [0.717, 1.165) is 10.0 Å². The molecule has 0 radical (unpaired) electrons. The molecule has 3 heterocycles. The van der Waals surface area contributed by atoms with Gasteiger partial charge in [0.05, 0.1) is 16.7 Å². The number of hydrogen-bond donors (Lipinski definition) is 0. The van der Waals surface area contributed by atoms with Gasteiger partial charge in [0.25, 0.3) is 5.89 Å². The van der Waals surface area contributed by atoms with Crippen molar-refractivity contribution in [3.8, 4) is 11.5 Å². The highest BCUT2D eigenvalue weighted by Gasteiger charge is 2.32. The fourth-order valence-corrected chi connectivity index (χ4v) is 4.74. The molecule has 0 saturated carbocycles. The predicted octanol–water partition coefficient (Wildman–Crippen LogP) is 3.66. The van der Waals surface area contributed by atoms with Gasteiger partial charge in [-0.05, 0) is 43.2 Å². The Bertz CT molecular complexity index is 975. The van der Waals surface area contributed by atoms with E-state index in [-0.39, 0.29) is 5.92 Å². The summed E-state index contributed by atoms with van der Waals surface area (Å²) in [5.41, 5.74) is 0.735. The van der Waals surface area contributed by atoms with E-state index >= 15 is 0 Å². The van der Waals surface area contributed by atoms with Crippen LogP contribution in [0.2, 0.25) is 0 Å². The van der Waals surface area contributed by atoms with Gasteiger partial charge in [0, 0.05) is 23.5 Å². The van der Waals surface area contributed by atoms with Crippen LogP contribution in [0.15, 0.2) is 61.1 Å². The van der Waals surface area contributed by atoms with Gasteiger partial charge < -0.3 is 8.83 Å². The molecule has 0 unspecified atom stereocenters. The summed E-state index contributed by atoms with van der Waals surface area (Å²) in [5, 5.41) is 8.16. The summed E-state index contributed by atoms with van der Waals surface area (Å²) < 4.78 is 38.6. The van der Waals surface area contributed by atoms with E-state index in [1.54, 1.807) is 42.9 Å². The van der Waals surface area contributed by atoms with Crippen LogP contribution in [0.25, 0.3) is 11.5 Å². The van der Waals surface area contributed by atoms with E-state index in [0.29, 0.717) is 42.6 Å². The zero-order chi connectivity index (χ0) is 18.1. The van der Waals surface area contributed by atoms with Crippen LogP contribution in [0, 0.1) is 0 Å². The molecule has 1 aliphatic heterocycles. The SMILES string of the molecule is O=S(=O)(c1ccc(Br)cc1)N1CCC(c2nnc(-c3ccoc3)o2)CC1. The number of sulfonamides is 1. The zero-order valence-electron chi connectivity index (χ0n) is 13.7. The quantitative estimate of drug-likeness (QED) is 0.618. The van der Waals surface area contributed by atoms with Crippen molar-refractivity contribution in [2.75, 3.05) is 13.1 Å². The first-order valence-corrected chi connectivity index (χ1v) is 10.4. The molecule has 0 bridgehead atoms. The van der Waals surface area contributed by atoms with Crippen molar-refractivity contribution in [3.05, 3.63) is 53.2 Å². The van der Waals surface area contributed by atoms with Crippen LogP contribution in [-0.2, 0) is 10.0 Å². The minimum absolute atomic E-state index is 0.0551. The molecular weight excluding hydrogens is 422 g/mol. The summed E-state index contributed by atoms with van der Waals surface area (Å²) in [5.74, 6) is 1.01. The minimum atomic E-state index is -3.48. The summed E-state index contributed by atoms with van der Waals surface area (Å²) >= 11 is 3.32. The normalized spacial score (nSPS) is 16.8. The Balaban J connectivity index is 1.45. The highest BCUT2D eigenvalue weighted by molar-refractivity contribution is 9.10. The molecule has 136 valence electrons. The molecule has 26 heavy (non-hydrogen) atoms. The van der Waals surface area contributed by atoms with Gasteiger partial charge >= 0.3 is 0 Å². The van der Waals surface area contributed by atoms with Gasteiger partial charge in [0.1, 0.15) is 6.26 Å². The van der Waals surface area contributed by atoms with Gasteiger partial charge in [-0.1, -0.05) is 15.9 Å². The summed E-state index contributed by atoms with van der Waals surface area (Å²) in [6.07, 6.45) is 4.38. The molecule has 0 atom stereocenters. The fraction of sp³-hybridized carbons (Fsp3) is 0.294. The number of hydrogen-bond acceptors (Lipinski definition) is 6. The number of piperidine rings is 1. The average molecular weight is 438 g/mol. The second kappa shape index (κ2) is 6.98. The second-order valence-electron chi connectivity index (χ2n) is 6.09. The topological polar surface area (TPSA) is 89.4 Å². The Morgan fingerprint density at radius 2 is 1.81 bits per heavy atom. The van der Waals surface area contributed by atoms with Gasteiger partial charge in [-0.15, -0.1) is 10.2 Å². The molecule has 4 rings (SSSR count). The lowest BCUT2D eigenvalue weighted by molar-refractivity contribution is 0.291. The standard InChI is InChI=1S/C17H16BrN3O4S/c18-14-1-3-15(4-2-14)26(22,23)21-8-5-12(6-9-21)16-19-20-17(25-16)13-7-10-24-11-13/h1-4,7,10-12H,5-6,8-9H2. The van der Waals surface area contributed by atoms with Crippen LogP contribution in [0.4, 0.5) is 0 Å². The van der Waals surface area contributed by atoms with E-state index in [9.17, 15) is 8.42 Å². The van der Waals surface area contributed by atoms with Crippen molar-refractivity contribution in [3.63, 3.8) is 0 Å². The minimum Gasteiger partial charge on any atom is -0.472 e. The summed E-state index contributed by atoms with van der Waals surface area (Å²) in [7, 11) is -3.48. The Kier molecular flexibility index (Phi) is 4.68. The van der Waals surface area contributed by atoms with Crippen molar-refractivity contribution in [2.45, 2.75) is 23.7 Å². The van der Waals surface area contributed by atoms with E-state index in [1.807, 2.05) is 0 Å². The predicted molar refractivity (Wildman–Crippen MR) is 96.9 cm³/mol. The Hall–Kier alpha value is -1.97. The Morgan fingerprint density at radius 1 is 1.08 bits per heavy atom. The Morgan fingerprint density at radius 3 is 2.46 bits per heavy atom. The van der Waals surface area contributed by atoms with Crippen molar-refractivity contribution in [1.82, 2.24) is 14.5 Å². The first-order chi connectivity index (χ1) is 12.5. The molecule has 0 amide bonds. The van der Waals surface area contributed by atoms with Gasteiger partial charge in [-0.3, -0.25) is 0 Å². The smallest absolute Gasteiger partial charge is 0.250 e. The van der Waals surface area contributed by atoms with E-state index < -0.39 is 10.0 Å². The maximum absolute atomic E-state index is 12.8. The van der Waals surface area contributed by atoms with Crippen LogP contribution in [0.1, 0.15) is 24.7 Å². The molecule has 7 nitrogen and oxygen atoms in total. The maximum Gasteiger partial charge on any atom is 0.250 e. The monoisotopic (exact) mass is 437 g/mol. The van der Waals surface area contributed by atoms with E-state index in [1.165, 1.54) is 4.31 Å². The molecule has 1 aliphatic rings. The van der Waals surface area contributed by atoms with Crippen molar-refractivity contribution in [2.24, 2.45) is 0 Å². The van der Waals surface area contributed by atoms with Gasteiger partial charge in [0.15, 0.2) is 0 Å². The largest absolute Gasteiger partial charge is 0.472 e. The highest BCUT2D eigenvalue weighted by Crippen LogP contribution is 2.31. The lowest BCUT2D eigenvalue weighted by Gasteiger charge is -2.29. The van der Waals surface area contributed by atoms with Crippen molar-refractivity contribution in [1.29, 1.82) is 0 Å². The summed E-state index contributed by atoms with van der Waals surface area (Å²) in [6.45, 7) is 0.846. The zero-order valence-corrected chi connectivity index (χ0v) is 16.1. The first-order valence-electron chi connectivity index (χ1n) is 8.16. The highest BCUT2D eigenvalue weighted by atomic mass is 79.9. The number of furan rings is 1. The molecular formula is C17H16BrN3O4S. The van der Waals surface area contributed by atoms with E-state index in [2.05, 4.69) is 26.1 Å². The number of aromatic nitrogens is 2. The molecule has 9 heteroatoms. The van der Waals surface area contributed by atoms with Gasteiger partial charge in [-0.2, -0.15) is 4.31 Å². The van der Waals surface area contributed by atoms with Crippen LogP contribution in [0.5, 0.6) is 0 Å². The lowest BCUT2D eigenvalue weighted by atomic mass is 9.98. The molecule has 3 aromatic rings. The van der Waals surface area contributed by atoms with Crippen LogP contribution >= 0.6 is 15.9 Å². The summed E-state index contributed by atoms with van der Waals surface area (Å²) in [4.78, 5) is 0.305. The molecule has 1 saturated heterocycles. The Labute approximate surface area is 159 Å². The molecule has 0 aliphatic carbocycles. The van der Waals surface area contributed by atoms with Crippen molar-refractivity contribution >= 4 is 26.0 Å². The second-order valence-corrected chi connectivity index (χ2v) is 8.94.